The van der Waals surface area contributed by atoms with Crippen LogP contribution in [0.2, 0.25) is 0 Å². The smallest absolute Gasteiger partial charge is 0.374 e. The van der Waals surface area contributed by atoms with E-state index in [-0.39, 0.29) is 34.7 Å². The molecule has 208 valence electrons. The first-order chi connectivity index (χ1) is 16.5. The minimum atomic E-state index is -5.51. The van der Waals surface area contributed by atoms with Gasteiger partial charge in [-0.1, -0.05) is 60.1 Å². The Morgan fingerprint density at radius 1 is 0.833 bits per heavy atom. The van der Waals surface area contributed by atoms with Gasteiger partial charge in [0, 0.05) is 5.41 Å². The van der Waals surface area contributed by atoms with E-state index in [0.717, 1.165) is 45.1 Å². The lowest BCUT2D eigenvalue weighted by Crippen LogP contribution is -2.59. The van der Waals surface area contributed by atoms with Gasteiger partial charge in [-0.3, -0.25) is 0 Å². The molecule has 0 radical (unpaired) electrons. The average Bonchev–Trinajstić information content (AvgIpc) is 3.08. The fraction of sp³-hybridized carbons (Fsp3) is 0.933. The molecule has 36 heavy (non-hydrogen) atoms. The van der Waals surface area contributed by atoms with Gasteiger partial charge in [0.05, 0.1) is 12.2 Å². The zero-order chi connectivity index (χ0) is 27.0. The van der Waals surface area contributed by atoms with Crippen molar-refractivity contribution in [2.75, 3.05) is 6.61 Å². The fourth-order valence-electron chi connectivity index (χ4n) is 9.21. The van der Waals surface area contributed by atoms with Crippen molar-refractivity contribution >= 4 is 0 Å². The van der Waals surface area contributed by atoms with Crippen molar-refractivity contribution in [2.45, 2.75) is 130 Å². The summed E-state index contributed by atoms with van der Waals surface area (Å²) < 4.78 is 76.8. The summed E-state index contributed by atoms with van der Waals surface area (Å²) in [7, 11) is 0. The number of fused-ring (bicyclic) bond motifs is 5. The van der Waals surface area contributed by atoms with E-state index in [0.29, 0.717) is 18.8 Å². The summed E-state index contributed by atoms with van der Waals surface area (Å²) in [5.41, 5.74) is -1.43. The summed E-state index contributed by atoms with van der Waals surface area (Å²) in [6, 6.07) is 0. The largest absolute Gasteiger partial charge is 0.453 e. The van der Waals surface area contributed by atoms with Crippen molar-refractivity contribution in [1.82, 2.24) is 0 Å². The maximum Gasteiger partial charge on any atom is 0.453 e. The Balaban J connectivity index is 0.00000148. The second-order valence-corrected chi connectivity index (χ2v) is 14.1. The highest BCUT2D eigenvalue weighted by molar-refractivity contribution is 5.29. The Morgan fingerprint density at radius 2 is 1.50 bits per heavy atom. The molecule has 1 aliphatic heterocycles. The Morgan fingerprint density at radius 3 is 2.08 bits per heavy atom. The van der Waals surface area contributed by atoms with Gasteiger partial charge in [0.2, 0.25) is 0 Å². The average molecular weight is 519 g/mol. The van der Waals surface area contributed by atoms with Gasteiger partial charge in [-0.15, -0.1) is 0 Å². The number of alkyl halides is 5. The van der Waals surface area contributed by atoms with Crippen LogP contribution in [0.4, 0.5) is 22.0 Å². The summed E-state index contributed by atoms with van der Waals surface area (Å²) in [5, 5.41) is 0. The third-order valence-corrected chi connectivity index (χ3v) is 11.7. The predicted octanol–water partition coefficient (Wildman–Crippen LogP) is 9.75. The number of hydrogen-bond acceptors (Lipinski definition) is 1. The molecule has 0 aromatic heterocycles. The summed E-state index contributed by atoms with van der Waals surface area (Å²) in [4.78, 5) is 0. The molecule has 1 heterocycles. The van der Waals surface area contributed by atoms with Crippen LogP contribution in [0.3, 0.4) is 0 Å². The molecule has 6 heteroatoms. The summed E-state index contributed by atoms with van der Waals surface area (Å²) in [6.07, 6.45) is 4.61. The van der Waals surface area contributed by atoms with Crippen LogP contribution in [0.1, 0.15) is 113 Å². The summed E-state index contributed by atoms with van der Waals surface area (Å²) >= 11 is 0. The number of rotatable bonds is 1. The van der Waals surface area contributed by atoms with E-state index in [1.807, 2.05) is 13.8 Å². The highest BCUT2D eigenvalue weighted by Gasteiger charge is 2.76. The van der Waals surface area contributed by atoms with Gasteiger partial charge in [-0.25, -0.2) is 0 Å². The topological polar surface area (TPSA) is 9.23 Å². The molecule has 5 aliphatic rings. The predicted molar refractivity (Wildman–Crippen MR) is 134 cm³/mol. The molecule has 5 rings (SSSR count). The molecule has 3 saturated carbocycles. The first-order valence-corrected chi connectivity index (χ1v) is 14.3. The van der Waals surface area contributed by atoms with Gasteiger partial charge in [0.25, 0.3) is 0 Å². The van der Waals surface area contributed by atoms with Crippen LogP contribution in [0.15, 0.2) is 11.6 Å². The van der Waals surface area contributed by atoms with Crippen molar-refractivity contribution in [3.05, 3.63) is 11.6 Å². The van der Waals surface area contributed by atoms with Gasteiger partial charge >= 0.3 is 12.1 Å². The van der Waals surface area contributed by atoms with Gasteiger partial charge in [-0.2, -0.15) is 22.0 Å². The molecule has 0 aromatic carbocycles. The maximum absolute atomic E-state index is 14.9. The second kappa shape index (κ2) is 8.68. The van der Waals surface area contributed by atoms with Crippen LogP contribution >= 0.6 is 0 Å². The van der Waals surface area contributed by atoms with Crippen LogP contribution < -0.4 is 0 Å². The van der Waals surface area contributed by atoms with Crippen LogP contribution in [0.25, 0.3) is 0 Å². The SMILES string of the molecule is CC.CC1(C)CCC2(CCC3C4=CCC5(C)C(CC[C@@]5(C)C(F)(F)C(F)(F)F)C4CC[C@@]3(C)C2)OC1. The molecule has 0 N–H and O–H groups in total. The van der Waals surface area contributed by atoms with Crippen molar-refractivity contribution in [3.8, 4) is 0 Å². The zero-order valence-corrected chi connectivity index (χ0v) is 23.4. The quantitative estimate of drug-likeness (QED) is 0.248. The number of ether oxygens (including phenoxy) is 1. The van der Waals surface area contributed by atoms with Crippen LogP contribution in [-0.4, -0.2) is 24.3 Å². The Labute approximate surface area is 215 Å². The van der Waals surface area contributed by atoms with Gasteiger partial charge in [0.15, 0.2) is 0 Å². The van der Waals surface area contributed by atoms with E-state index in [9.17, 15) is 22.0 Å². The van der Waals surface area contributed by atoms with Gasteiger partial charge in [0.1, 0.15) is 0 Å². The molecule has 1 saturated heterocycles. The molecule has 4 fully saturated rings. The molecule has 0 amide bonds. The zero-order valence-electron chi connectivity index (χ0n) is 23.4. The first-order valence-electron chi connectivity index (χ1n) is 14.3. The Hall–Kier alpha value is -0.650. The molecular formula is C30H47F5O. The maximum atomic E-state index is 14.9. The van der Waals surface area contributed by atoms with Crippen molar-refractivity contribution in [1.29, 1.82) is 0 Å². The van der Waals surface area contributed by atoms with Crippen molar-refractivity contribution < 1.29 is 26.7 Å². The molecule has 1 nitrogen and oxygen atoms in total. The monoisotopic (exact) mass is 518 g/mol. The van der Waals surface area contributed by atoms with Crippen molar-refractivity contribution in [2.24, 2.45) is 39.4 Å². The minimum absolute atomic E-state index is 0.0436. The number of halogens is 5. The molecule has 7 atom stereocenters. The van der Waals surface area contributed by atoms with Crippen LogP contribution in [-0.2, 0) is 4.74 Å². The van der Waals surface area contributed by atoms with E-state index < -0.39 is 22.9 Å². The van der Waals surface area contributed by atoms with E-state index in [2.05, 4.69) is 26.8 Å². The van der Waals surface area contributed by atoms with E-state index in [1.54, 1.807) is 6.92 Å². The van der Waals surface area contributed by atoms with E-state index >= 15 is 0 Å². The molecule has 4 aliphatic carbocycles. The van der Waals surface area contributed by atoms with Crippen molar-refractivity contribution in [3.63, 3.8) is 0 Å². The minimum Gasteiger partial charge on any atom is -0.374 e. The normalized spacial score (nSPS) is 46.1. The standard InChI is InChI=1S/C28H41F5O.C2H6/c1-22(2)14-15-26(34-17-22)13-9-20-18-7-11-24(4)21(19(18)6-10-23(20,3)16-26)8-12-25(24,5)27(29,30)28(31,32)33;1-2/h7,19-21H,6,8-17H2,1-5H3;1-2H3/t19?,20?,21?,23-,24?,25+,26?;/m0./s1. The van der Waals surface area contributed by atoms with E-state index in [1.165, 1.54) is 18.9 Å². The summed E-state index contributed by atoms with van der Waals surface area (Å²) in [6.45, 7) is 14.6. The van der Waals surface area contributed by atoms with Crippen LogP contribution in [0, 0.1) is 39.4 Å². The van der Waals surface area contributed by atoms with Gasteiger partial charge < -0.3 is 4.74 Å². The highest BCUT2D eigenvalue weighted by Crippen LogP contribution is 2.73. The third kappa shape index (κ3) is 3.92. The lowest BCUT2D eigenvalue weighted by Gasteiger charge is -2.60. The molecular weight excluding hydrogens is 471 g/mol. The summed E-state index contributed by atoms with van der Waals surface area (Å²) in [5.74, 6) is -4.24. The lowest BCUT2D eigenvalue weighted by molar-refractivity contribution is -0.340. The highest BCUT2D eigenvalue weighted by atomic mass is 19.4. The van der Waals surface area contributed by atoms with Gasteiger partial charge in [-0.05, 0) is 98.2 Å². The number of hydrogen-bond donors (Lipinski definition) is 0. The molecule has 0 aromatic rings. The molecule has 1 spiro atoms. The molecule has 0 bridgehead atoms. The Kier molecular flexibility index (Phi) is 6.84. The first kappa shape index (κ1) is 28.4. The van der Waals surface area contributed by atoms with E-state index in [4.69, 9.17) is 4.74 Å². The third-order valence-electron chi connectivity index (χ3n) is 11.7. The lowest BCUT2D eigenvalue weighted by atomic mass is 9.46. The van der Waals surface area contributed by atoms with Crippen LogP contribution in [0.5, 0.6) is 0 Å². The second-order valence-electron chi connectivity index (χ2n) is 14.1. The number of allylic oxidation sites excluding steroid dienone is 2. The fourth-order valence-corrected chi connectivity index (χ4v) is 9.21. The Bertz CT molecular complexity index is 865. The molecule has 5 unspecified atom stereocenters.